The molecule has 102 valence electrons. The Morgan fingerprint density at radius 2 is 2.00 bits per heavy atom. The molecule has 0 saturated carbocycles. The molecule has 1 unspecified atom stereocenters. The molecule has 6 heteroatoms. The van der Waals surface area contributed by atoms with Crippen LogP contribution in [0.2, 0.25) is 0 Å². The van der Waals surface area contributed by atoms with Gasteiger partial charge in [-0.15, -0.1) is 0 Å². The first-order valence-electron chi connectivity index (χ1n) is 5.93. The van der Waals surface area contributed by atoms with Crippen molar-refractivity contribution >= 4 is 10.9 Å². The molecule has 19 heavy (non-hydrogen) atoms. The van der Waals surface area contributed by atoms with E-state index in [1.54, 1.807) is 19.1 Å². The molecule has 1 aromatic heterocycles. The van der Waals surface area contributed by atoms with Crippen molar-refractivity contribution in [2.45, 2.75) is 19.3 Å². The van der Waals surface area contributed by atoms with E-state index in [1.165, 1.54) is 12.1 Å². The van der Waals surface area contributed by atoms with Gasteiger partial charge in [-0.25, -0.2) is 0 Å². The molecule has 2 aromatic rings. The van der Waals surface area contributed by atoms with Crippen LogP contribution in [0.5, 0.6) is 5.75 Å². The molecule has 0 saturated heterocycles. The fraction of sp³-hybridized carbons (Fsp3) is 0.308. The third-order valence-corrected chi connectivity index (χ3v) is 2.87. The quantitative estimate of drug-likeness (QED) is 0.507. The smallest absolute Gasteiger partial charge is 0.248 e. The lowest BCUT2D eigenvalue weighted by Gasteiger charge is -2.16. The van der Waals surface area contributed by atoms with Gasteiger partial charge in [0.25, 0.3) is 0 Å². The minimum Gasteiger partial charge on any atom is -0.506 e. The van der Waals surface area contributed by atoms with Gasteiger partial charge in [0.15, 0.2) is 0 Å². The first kappa shape index (κ1) is 13.5. The average Bonchev–Trinajstić information content (AvgIpc) is 2.37. The Bertz CT molecular complexity index is 636. The lowest BCUT2D eigenvalue weighted by molar-refractivity contribution is 0.114. The van der Waals surface area contributed by atoms with Crippen LogP contribution >= 0.6 is 0 Å². The lowest BCUT2D eigenvalue weighted by atomic mass is 10.0. The van der Waals surface area contributed by atoms with Crippen molar-refractivity contribution in [1.29, 1.82) is 0 Å². The summed E-state index contributed by atoms with van der Waals surface area (Å²) in [5, 5.41) is 32.2. The van der Waals surface area contributed by atoms with Crippen molar-refractivity contribution < 1.29 is 15.3 Å². The molecule has 5 N–H and O–H groups in total. The zero-order chi connectivity index (χ0) is 14.0. The topological polar surface area (TPSA) is 106 Å². The number of benzene rings is 1. The van der Waals surface area contributed by atoms with Crippen LogP contribution in [0.25, 0.3) is 10.9 Å². The number of hydrogen-bond donors (Lipinski definition) is 5. The highest BCUT2D eigenvalue weighted by Gasteiger charge is 2.14. The van der Waals surface area contributed by atoms with Crippen molar-refractivity contribution in [3.8, 4) is 5.75 Å². The Kier molecular flexibility index (Phi) is 3.84. The van der Waals surface area contributed by atoms with Crippen molar-refractivity contribution in [3.63, 3.8) is 0 Å². The number of fused-ring (bicyclic) bond motifs is 1. The van der Waals surface area contributed by atoms with Gasteiger partial charge >= 0.3 is 0 Å². The summed E-state index contributed by atoms with van der Waals surface area (Å²) in [7, 11) is 0. The third-order valence-electron chi connectivity index (χ3n) is 2.87. The van der Waals surface area contributed by atoms with E-state index in [4.69, 9.17) is 5.11 Å². The van der Waals surface area contributed by atoms with Crippen LogP contribution in [0.4, 0.5) is 0 Å². The van der Waals surface area contributed by atoms with E-state index in [-0.39, 0.29) is 17.9 Å². The average molecular weight is 264 g/mol. The van der Waals surface area contributed by atoms with Gasteiger partial charge in [0.05, 0.1) is 11.6 Å². The molecule has 2 atom stereocenters. The van der Waals surface area contributed by atoms with Crippen LogP contribution in [-0.4, -0.2) is 33.1 Å². The summed E-state index contributed by atoms with van der Waals surface area (Å²) >= 11 is 0. The number of rotatable bonds is 4. The Labute approximate surface area is 109 Å². The van der Waals surface area contributed by atoms with Gasteiger partial charge in [0.2, 0.25) is 5.56 Å². The number of aromatic nitrogens is 1. The van der Waals surface area contributed by atoms with Gasteiger partial charge in [-0.3, -0.25) is 10.1 Å². The molecule has 0 spiro atoms. The van der Waals surface area contributed by atoms with Crippen LogP contribution in [0.3, 0.4) is 0 Å². The molecule has 0 fully saturated rings. The van der Waals surface area contributed by atoms with Crippen LogP contribution < -0.4 is 10.9 Å². The van der Waals surface area contributed by atoms with Crippen LogP contribution in [0.1, 0.15) is 18.6 Å². The van der Waals surface area contributed by atoms with Gasteiger partial charge in [-0.1, -0.05) is 6.07 Å². The lowest BCUT2D eigenvalue weighted by Crippen LogP contribution is -2.30. The van der Waals surface area contributed by atoms with Gasteiger partial charge in [-0.2, -0.15) is 0 Å². The van der Waals surface area contributed by atoms with E-state index in [2.05, 4.69) is 10.3 Å². The number of nitrogens with one attached hydrogen (secondary N) is 2. The minimum absolute atomic E-state index is 0.0489. The van der Waals surface area contributed by atoms with Gasteiger partial charge in [0, 0.05) is 18.0 Å². The zero-order valence-corrected chi connectivity index (χ0v) is 10.4. The maximum absolute atomic E-state index is 11.3. The maximum atomic E-state index is 11.3. The van der Waals surface area contributed by atoms with E-state index in [0.717, 1.165) is 0 Å². The van der Waals surface area contributed by atoms with Crippen LogP contribution in [0, 0.1) is 0 Å². The first-order chi connectivity index (χ1) is 8.99. The highest BCUT2D eigenvalue weighted by Crippen LogP contribution is 2.28. The number of H-pyrrole nitrogens is 1. The molecule has 0 bridgehead atoms. The Morgan fingerprint density at radius 1 is 1.26 bits per heavy atom. The van der Waals surface area contributed by atoms with Crippen molar-refractivity contribution in [2.75, 3.05) is 6.54 Å². The molecule has 0 aliphatic rings. The number of aromatic amines is 1. The van der Waals surface area contributed by atoms with Crippen LogP contribution in [-0.2, 0) is 0 Å². The number of aliphatic hydroxyl groups is 2. The zero-order valence-electron chi connectivity index (χ0n) is 10.4. The fourth-order valence-corrected chi connectivity index (χ4v) is 1.94. The number of phenolic OH excluding ortho intramolecular Hbond substituents is 1. The third kappa shape index (κ3) is 2.93. The highest BCUT2D eigenvalue weighted by atomic mass is 16.3. The first-order valence-corrected chi connectivity index (χ1v) is 5.93. The molecule has 0 amide bonds. The summed E-state index contributed by atoms with van der Waals surface area (Å²) in [6.07, 6.45) is -1.58. The number of aliphatic hydroxyl groups excluding tert-OH is 2. The predicted molar refractivity (Wildman–Crippen MR) is 70.9 cm³/mol. The molecule has 1 aromatic carbocycles. The molecule has 1 heterocycles. The summed E-state index contributed by atoms with van der Waals surface area (Å²) in [5.41, 5.74) is 0.537. The highest BCUT2D eigenvalue weighted by molar-refractivity contribution is 5.87. The van der Waals surface area contributed by atoms with Gasteiger partial charge in [-0.05, 0) is 24.6 Å². The summed E-state index contributed by atoms with van der Waals surface area (Å²) in [6.45, 7) is 1.72. The largest absolute Gasteiger partial charge is 0.506 e. The summed E-state index contributed by atoms with van der Waals surface area (Å²) in [5.74, 6) is -0.0489. The van der Waals surface area contributed by atoms with Crippen molar-refractivity contribution in [1.82, 2.24) is 10.3 Å². The molecule has 2 rings (SSSR count). The van der Waals surface area contributed by atoms with E-state index in [0.29, 0.717) is 16.5 Å². The number of pyridine rings is 1. The second-order valence-corrected chi connectivity index (χ2v) is 4.39. The number of phenols is 1. The second-order valence-electron chi connectivity index (χ2n) is 4.39. The minimum atomic E-state index is -0.858. The Morgan fingerprint density at radius 3 is 2.68 bits per heavy atom. The monoisotopic (exact) mass is 264 g/mol. The second kappa shape index (κ2) is 5.40. The molecular formula is C13H16N2O4. The van der Waals surface area contributed by atoms with Gasteiger partial charge < -0.3 is 20.3 Å². The van der Waals surface area contributed by atoms with Crippen molar-refractivity contribution in [2.24, 2.45) is 0 Å². The SMILES string of the molecule is CC(O)NC[C@H](O)c1ccc(O)c2[nH]c(=O)ccc12. The van der Waals surface area contributed by atoms with Crippen molar-refractivity contribution in [3.05, 3.63) is 40.2 Å². The summed E-state index contributed by atoms with van der Waals surface area (Å²) in [4.78, 5) is 13.8. The Hall–Kier alpha value is -1.89. The number of hydrogen-bond acceptors (Lipinski definition) is 5. The molecule has 0 aliphatic heterocycles. The molecule has 6 nitrogen and oxygen atoms in total. The van der Waals surface area contributed by atoms with E-state index >= 15 is 0 Å². The van der Waals surface area contributed by atoms with E-state index in [9.17, 15) is 15.0 Å². The number of aromatic hydroxyl groups is 1. The Balaban J connectivity index is 2.44. The van der Waals surface area contributed by atoms with E-state index in [1.807, 2.05) is 0 Å². The molecule has 0 aliphatic carbocycles. The fourth-order valence-electron chi connectivity index (χ4n) is 1.94. The molecular weight excluding hydrogens is 248 g/mol. The predicted octanol–water partition coefficient (Wildman–Crippen LogP) is 0.195. The van der Waals surface area contributed by atoms with E-state index < -0.39 is 12.3 Å². The summed E-state index contributed by atoms with van der Waals surface area (Å²) in [6, 6.07) is 5.89. The maximum Gasteiger partial charge on any atom is 0.248 e. The van der Waals surface area contributed by atoms with Crippen LogP contribution in [0.15, 0.2) is 29.1 Å². The van der Waals surface area contributed by atoms with Gasteiger partial charge in [0.1, 0.15) is 12.0 Å². The molecule has 0 radical (unpaired) electrons. The summed E-state index contributed by atoms with van der Waals surface area (Å²) < 4.78 is 0. The standard InChI is InChI=1S/C13H16N2O4/c1-7(16)14-6-11(18)8-2-4-10(17)13-9(8)3-5-12(19)15-13/h2-5,7,11,14,16-18H,6H2,1H3,(H,15,19)/t7?,11-/m0/s1. The normalized spacial score (nSPS) is 14.5.